The lowest BCUT2D eigenvalue weighted by Crippen LogP contribution is -2.21. The Morgan fingerprint density at radius 2 is 2.10 bits per heavy atom. The third-order valence-corrected chi connectivity index (χ3v) is 5.92. The zero-order valence-electron chi connectivity index (χ0n) is 16.4. The van der Waals surface area contributed by atoms with E-state index >= 15 is 0 Å². The standard InChI is InChI=1S/C19H17ClN8O2S/c1-10-25-16-15(14-3-2-6-30-14)13(9-22-18(16)31-10)27-19(29)26-11-7-12(20)17(21-8-11)28-23-4-5-24-28/h4-5,7-9,14H,2-3,6H2,1H3,(H2,26,27,29). The number of hydrogen-bond donors (Lipinski definition) is 2. The molecule has 0 spiro atoms. The SMILES string of the molecule is Cc1nc2c(C3CCCO3)c(NC(=O)Nc3cnc(-n4nccn4)c(Cl)c3)cnc2s1. The molecule has 1 atom stereocenters. The molecule has 2 amide bonds. The highest BCUT2D eigenvalue weighted by atomic mass is 35.5. The molecule has 1 aliphatic rings. The van der Waals surface area contributed by atoms with Gasteiger partial charge >= 0.3 is 6.03 Å². The first-order valence-corrected chi connectivity index (χ1v) is 10.8. The van der Waals surface area contributed by atoms with E-state index in [1.54, 1.807) is 12.3 Å². The van der Waals surface area contributed by atoms with Crippen LogP contribution in [0, 0.1) is 6.92 Å². The molecule has 12 heteroatoms. The second kappa shape index (κ2) is 8.17. The molecule has 31 heavy (non-hydrogen) atoms. The average molecular weight is 457 g/mol. The van der Waals surface area contributed by atoms with E-state index in [1.807, 2.05) is 6.92 Å². The van der Waals surface area contributed by atoms with Crippen molar-refractivity contribution in [1.29, 1.82) is 0 Å². The van der Waals surface area contributed by atoms with Gasteiger partial charge in [-0.05, 0) is 25.8 Å². The molecule has 5 heterocycles. The topological polar surface area (TPSA) is 120 Å². The lowest BCUT2D eigenvalue weighted by Gasteiger charge is -2.16. The molecule has 10 nitrogen and oxygen atoms in total. The normalized spacial score (nSPS) is 16.0. The monoisotopic (exact) mass is 456 g/mol. The summed E-state index contributed by atoms with van der Waals surface area (Å²) in [5.41, 5.74) is 2.63. The van der Waals surface area contributed by atoms with Gasteiger partial charge in [0.1, 0.15) is 10.3 Å². The highest BCUT2D eigenvalue weighted by molar-refractivity contribution is 7.18. The van der Waals surface area contributed by atoms with E-state index in [-0.39, 0.29) is 6.10 Å². The number of ether oxygens (including phenoxy) is 1. The predicted molar refractivity (Wildman–Crippen MR) is 117 cm³/mol. The summed E-state index contributed by atoms with van der Waals surface area (Å²) in [6, 6.07) is 1.13. The first-order valence-electron chi connectivity index (χ1n) is 9.56. The van der Waals surface area contributed by atoms with Crippen LogP contribution in [0.25, 0.3) is 16.2 Å². The number of nitrogens with zero attached hydrogens (tertiary/aromatic N) is 6. The number of aromatic nitrogens is 6. The lowest BCUT2D eigenvalue weighted by atomic mass is 10.1. The van der Waals surface area contributed by atoms with Crippen LogP contribution in [0.1, 0.15) is 29.5 Å². The molecular weight excluding hydrogens is 440 g/mol. The van der Waals surface area contributed by atoms with Crippen LogP contribution in [0.5, 0.6) is 0 Å². The number of aryl methyl sites for hydroxylation is 1. The molecule has 5 rings (SSSR count). The Morgan fingerprint density at radius 3 is 2.84 bits per heavy atom. The summed E-state index contributed by atoms with van der Waals surface area (Å²) in [7, 11) is 0. The number of carbonyl (C=O) groups excluding carboxylic acids is 1. The Morgan fingerprint density at radius 1 is 1.26 bits per heavy atom. The molecule has 4 aromatic heterocycles. The van der Waals surface area contributed by atoms with Crippen LogP contribution in [0.2, 0.25) is 5.02 Å². The minimum atomic E-state index is -0.449. The van der Waals surface area contributed by atoms with E-state index in [0.717, 1.165) is 33.8 Å². The molecule has 1 aliphatic heterocycles. The Bertz CT molecular complexity index is 1250. The maximum Gasteiger partial charge on any atom is 0.323 e. The number of thiazole rings is 1. The number of hydrogen-bond acceptors (Lipinski definition) is 8. The molecule has 4 aromatic rings. The Kier molecular flexibility index (Phi) is 5.22. The molecule has 158 valence electrons. The van der Waals surface area contributed by atoms with Gasteiger partial charge in [0.2, 0.25) is 0 Å². The van der Waals surface area contributed by atoms with Gasteiger partial charge in [0.05, 0.1) is 52.3 Å². The molecule has 0 radical (unpaired) electrons. The van der Waals surface area contributed by atoms with Gasteiger partial charge in [0.25, 0.3) is 0 Å². The van der Waals surface area contributed by atoms with E-state index < -0.39 is 6.03 Å². The van der Waals surface area contributed by atoms with Crippen LogP contribution in [0.15, 0.2) is 30.9 Å². The van der Waals surface area contributed by atoms with Crippen molar-refractivity contribution in [2.24, 2.45) is 0 Å². The third kappa shape index (κ3) is 3.94. The number of nitrogens with one attached hydrogen (secondary N) is 2. The van der Waals surface area contributed by atoms with E-state index in [0.29, 0.717) is 28.8 Å². The highest BCUT2D eigenvalue weighted by Gasteiger charge is 2.26. The van der Waals surface area contributed by atoms with Crippen molar-refractivity contribution in [3.05, 3.63) is 46.4 Å². The fourth-order valence-electron chi connectivity index (χ4n) is 3.49. The highest BCUT2D eigenvalue weighted by Crippen LogP contribution is 2.38. The van der Waals surface area contributed by atoms with E-state index in [9.17, 15) is 4.79 Å². The fourth-order valence-corrected chi connectivity index (χ4v) is 4.50. The number of amides is 2. The number of halogens is 1. The van der Waals surface area contributed by atoms with E-state index in [2.05, 4.69) is 35.8 Å². The second-order valence-electron chi connectivity index (χ2n) is 6.90. The molecule has 0 bridgehead atoms. The summed E-state index contributed by atoms with van der Waals surface area (Å²) in [6.45, 7) is 2.62. The van der Waals surface area contributed by atoms with Crippen molar-refractivity contribution < 1.29 is 9.53 Å². The number of urea groups is 1. The predicted octanol–water partition coefficient (Wildman–Crippen LogP) is 4.12. The average Bonchev–Trinajstić information content (AvgIpc) is 3.49. The van der Waals surface area contributed by atoms with Crippen molar-refractivity contribution >= 4 is 50.7 Å². The summed E-state index contributed by atoms with van der Waals surface area (Å²) in [5.74, 6) is 0.367. The molecule has 1 saturated heterocycles. The van der Waals surface area contributed by atoms with Crippen LogP contribution >= 0.6 is 22.9 Å². The first-order chi connectivity index (χ1) is 15.1. The van der Waals surface area contributed by atoms with E-state index in [4.69, 9.17) is 16.3 Å². The van der Waals surface area contributed by atoms with Gasteiger partial charge < -0.3 is 15.4 Å². The van der Waals surface area contributed by atoms with E-state index in [1.165, 1.54) is 34.7 Å². The Balaban J connectivity index is 1.39. The maximum atomic E-state index is 12.7. The smallest absolute Gasteiger partial charge is 0.323 e. The van der Waals surface area contributed by atoms with Crippen LogP contribution in [0.4, 0.5) is 16.2 Å². The van der Waals surface area contributed by atoms with Gasteiger partial charge in [-0.25, -0.2) is 19.7 Å². The number of fused-ring (bicyclic) bond motifs is 1. The number of rotatable bonds is 4. The summed E-state index contributed by atoms with van der Waals surface area (Å²) in [5, 5.41) is 14.8. The Hall–Kier alpha value is -3.15. The lowest BCUT2D eigenvalue weighted by molar-refractivity contribution is 0.113. The van der Waals surface area contributed by atoms with Crippen LogP contribution in [-0.2, 0) is 4.74 Å². The molecule has 0 aliphatic carbocycles. The fraction of sp³-hybridized carbons (Fsp3) is 0.263. The van der Waals surface area contributed by atoms with Crippen molar-refractivity contribution in [1.82, 2.24) is 29.9 Å². The number of anilines is 2. The van der Waals surface area contributed by atoms with Gasteiger partial charge in [-0.2, -0.15) is 10.2 Å². The van der Waals surface area contributed by atoms with Gasteiger partial charge in [-0.15, -0.1) is 4.80 Å². The molecule has 0 saturated carbocycles. The number of pyridine rings is 2. The summed E-state index contributed by atoms with van der Waals surface area (Å²) < 4.78 is 5.88. The zero-order chi connectivity index (χ0) is 21.4. The molecular formula is C19H17ClN8O2S. The van der Waals surface area contributed by atoms with Crippen molar-refractivity contribution in [2.75, 3.05) is 17.2 Å². The Labute approximate surface area is 185 Å². The minimum absolute atomic E-state index is 0.126. The van der Waals surface area contributed by atoms with Crippen molar-refractivity contribution in [3.8, 4) is 5.82 Å². The van der Waals surface area contributed by atoms with Crippen LogP contribution in [-0.4, -0.2) is 42.6 Å². The molecule has 1 fully saturated rings. The third-order valence-electron chi connectivity index (χ3n) is 4.76. The second-order valence-corrected chi connectivity index (χ2v) is 8.49. The quantitative estimate of drug-likeness (QED) is 0.473. The molecule has 2 N–H and O–H groups in total. The zero-order valence-corrected chi connectivity index (χ0v) is 17.9. The molecule has 0 aromatic carbocycles. The van der Waals surface area contributed by atoms with Gasteiger partial charge in [-0.1, -0.05) is 22.9 Å². The summed E-state index contributed by atoms with van der Waals surface area (Å²) in [6.07, 6.45) is 7.89. The van der Waals surface area contributed by atoms with Crippen molar-refractivity contribution in [2.45, 2.75) is 25.9 Å². The van der Waals surface area contributed by atoms with Gasteiger partial charge in [0, 0.05) is 12.2 Å². The summed E-state index contributed by atoms with van der Waals surface area (Å²) in [4.78, 5) is 28.1. The maximum absolute atomic E-state index is 12.7. The van der Waals surface area contributed by atoms with Crippen LogP contribution < -0.4 is 10.6 Å². The minimum Gasteiger partial charge on any atom is -0.373 e. The van der Waals surface area contributed by atoms with Gasteiger partial charge in [-0.3, -0.25) is 0 Å². The molecule has 1 unspecified atom stereocenters. The summed E-state index contributed by atoms with van der Waals surface area (Å²) >= 11 is 7.79. The largest absolute Gasteiger partial charge is 0.373 e. The van der Waals surface area contributed by atoms with Gasteiger partial charge in [0.15, 0.2) is 5.82 Å². The van der Waals surface area contributed by atoms with Crippen LogP contribution in [0.3, 0.4) is 0 Å². The number of carbonyl (C=O) groups is 1. The van der Waals surface area contributed by atoms with Crippen molar-refractivity contribution in [3.63, 3.8) is 0 Å². The first kappa shape index (κ1) is 19.8.